The van der Waals surface area contributed by atoms with Crippen LogP contribution < -0.4 is 0 Å². The molecule has 1 heterocycles. The first kappa shape index (κ1) is 5.42. The second-order valence-corrected chi connectivity index (χ2v) is 2.30. The van der Waals surface area contributed by atoms with Crippen LogP contribution in [0.5, 0.6) is 0 Å². The number of hydrogen-bond acceptors (Lipinski definition) is 1. The van der Waals surface area contributed by atoms with Gasteiger partial charge in [0.15, 0.2) is 0 Å². The summed E-state index contributed by atoms with van der Waals surface area (Å²) in [6, 6.07) is 0. The summed E-state index contributed by atoms with van der Waals surface area (Å²) in [6.07, 6.45) is 2.11. The molecule has 0 spiro atoms. The molecule has 8 heavy (non-hydrogen) atoms. The molecule has 1 aliphatic rings. The molecule has 0 saturated carbocycles. The van der Waals surface area contributed by atoms with Crippen LogP contribution in [0.3, 0.4) is 0 Å². The van der Waals surface area contributed by atoms with Crippen LogP contribution in [-0.4, -0.2) is 18.5 Å². The number of likely N-dealkylation sites (N-methyl/N-ethyl adjacent to an activating group) is 1. The first-order chi connectivity index (χ1) is 3.70. The van der Waals surface area contributed by atoms with Gasteiger partial charge in [-0.15, -0.1) is 0 Å². The van der Waals surface area contributed by atoms with Crippen LogP contribution in [0.25, 0.3) is 0 Å². The van der Waals surface area contributed by atoms with Gasteiger partial charge < -0.3 is 4.90 Å². The van der Waals surface area contributed by atoms with E-state index in [2.05, 4.69) is 31.5 Å². The fourth-order valence-corrected chi connectivity index (χ4v) is 0.881. The number of hydrogen-bond donors (Lipinski definition) is 0. The lowest BCUT2D eigenvalue weighted by molar-refractivity contribution is 0.482. The van der Waals surface area contributed by atoms with E-state index in [1.54, 1.807) is 0 Å². The minimum atomic E-state index is 1.01. The summed E-state index contributed by atoms with van der Waals surface area (Å²) in [5, 5.41) is 0. The second-order valence-electron chi connectivity index (χ2n) is 2.30. The Morgan fingerprint density at radius 1 is 1.75 bits per heavy atom. The number of nitrogens with zero attached hydrogens (tertiary/aromatic N) is 1. The third-order valence-electron chi connectivity index (χ3n) is 1.46. The summed E-state index contributed by atoms with van der Waals surface area (Å²) >= 11 is 0. The molecule has 1 heteroatoms. The highest BCUT2D eigenvalue weighted by molar-refractivity contribution is 5.26. The van der Waals surface area contributed by atoms with E-state index in [9.17, 15) is 0 Å². The van der Waals surface area contributed by atoms with E-state index >= 15 is 0 Å². The fraction of sp³-hybridized carbons (Fsp3) is 0.429. The highest BCUT2D eigenvalue weighted by Gasteiger charge is 2.06. The van der Waals surface area contributed by atoms with Gasteiger partial charge in [0.05, 0.1) is 0 Å². The monoisotopic (exact) mass is 109 g/mol. The van der Waals surface area contributed by atoms with Gasteiger partial charge in [-0.1, -0.05) is 6.58 Å². The predicted molar refractivity (Wildman–Crippen MR) is 35.5 cm³/mol. The van der Waals surface area contributed by atoms with Gasteiger partial charge in [0.1, 0.15) is 0 Å². The highest BCUT2D eigenvalue weighted by Crippen LogP contribution is 2.13. The summed E-state index contributed by atoms with van der Waals surface area (Å²) in [5.74, 6) is 0. The Morgan fingerprint density at radius 2 is 2.38 bits per heavy atom. The molecular formula is C7H11N. The minimum Gasteiger partial charge on any atom is -0.374 e. The van der Waals surface area contributed by atoms with Crippen molar-refractivity contribution in [2.24, 2.45) is 0 Å². The van der Waals surface area contributed by atoms with E-state index in [1.165, 1.54) is 11.3 Å². The van der Waals surface area contributed by atoms with Crippen LogP contribution in [0.2, 0.25) is 0 Å². The van der Waals surface area contributed by atoms with Gasteiger partial charge in [-0.25, -0.2) is 0 Å². The molecule has 0 saturated heterocycles. The topological polar surface area (TPSA) is 3.24 Å². The van der Waals surface area contributed by atoms with E-state index in [4.69, 9.17) is 0 Å². The Bertz CT molecular complexity index is 144. The van der Waals surface area contributed by atoms with Gasteiger partial charge >= 0.3 is 0 Å². The lowest BCUT2D eigenvalue weighted by Gasteiger charge is -2.10. The summed E-state index contributed by atoms with van der Waals surface area (Å²) in [4.78, 5) is 2.18. The molecule has 0 atom stereocenters. The van der Waals surface area contributed by atoms with Gasteiger partial charge in [0, 0.05) is 19.3 Å². The normalized spacial score (nSPS) is 19.5. The SMILES string of the molecule is C=C1C=C(C)N(C)C1. The summed E-state index contributed by atoms with van der Waals surface area (Å²) < 4.78 is 0. The van der Waals surface area contributed by atoms with Crippen molar-refractivity contribution in [3.63, 3.8) is 0 Å². The van der Waals surface area contributed by atoms with Gasteiger partial charge in [-0.3, -0.25) is 0 Å². The number of rotatable bonds is 0. The smallest absolute Gasteiger partial charge is 0.0417 e. The van der Waals surface area contributed by atoms with Crippen molar-refractivity contribution in [2.75, 3.05) is 13.6 Å². The Kier molecular flexibility index (Phi) is 1.12. The average molecular weight is 109 g/mol. The maximum absolute atomic E-state index is 3.84. The van der Waals surface area contributed by atoms with Crippen LogP contribution in [0.4, 0.5) is 0 Å². The zero-order chi connectivity index (χ0) is 6.15. The highest BCUT2D eigenvalue weighted by atomic mass is 15.1. The summed E-state index contributed by atoms with van der Waals surface area (Å²) in [7, 11) is 2.07. The summed E-state index contributed by atoms with van der Waals surface area (Å²) in [6.45, 7) is 6.94. The lowest BCUT2D eigenvalue weighted by atomic mass is 10.3. The molecule has 0 fully saturated rings. The predicted octanol–water partition coefficient (Wildman–Crippen LogP) is 1.39. The molecule has 0 N–H and O–H groups in total. The molecule has 0 aliphatic carbocycles. The minimum absolute atomic E-state index is 1.01. The van der Waals surface area contributed by atoms with Gasteiger partial charge in [-0.2, -0.15) is 0 Å². The Balaban J connectivity index is 2.73. The molecule has 0 radical (unpaired) electrons. The van der Waals surface area contributed by atoms with E-state index in [1.807, 2.05) is 0 Å². The van der Waals surface area contributed by atoms with Gasteiger partial charge in [-0.05, 0) is 18.6 Å². The maximum atomic E-state index is 3.84. The van der Waals surface area contributed by atoms with Crippen molar-refractivity contribution in [3.05, 3.63) is 23.9 Å². The van der Waals surface area contributed by atoms with Crippen molar-refractivity contribution < 1.29 is 0 Å². The van der Waals surface area contributed by atoms with E-state index in [0.717, 1.165) is 6.54 Å². The quantitative estimate of drug-likeness (QED) is 0.454. The van der Waals surface area contributed by atoms with Crippen LogP contribution in [-0.2, 0) is 0 Å². The third-order valence-corrected chi connectivity index (χ3v) is 1.46. The van der Waals surface area contributed by atoms with E-state index in [-0.39, 0.29) is 0 Å². The van der Waals surface area contributed by atoms with Crippen molar-refractivity contribution in [1.29, 1.82) is 0 Å². The molecule has 1 rings (SSSR count). The van der Waals surface area contributed by atoms with Crippen LogP contribution in [0.15, 0.2) is 23.9 Å². The number of allylic oxidation sites excluding steroid dienone is 1. The zero-order valence-corrected chi connectivity index (χ0v) is 5.44. The van der Waals surface area contributed by atoms with Gasteiger partial charge in [0.2, 0.25) is 0 Å². The first-order valence-corrected chi connectivity index (χ1v) is 2.77. The summed E-state index contributed by atoms with van der Waals surface area (Å²) in [5.41, 5.74) is 2.53. The lowest BCUT2D eigenvalue weighted by Crippen LogP contribution is -2.10. The van der Waals surface area contributed by atoms with Crippen molar-refractivity contribution in [2.45, 2.75) is 6.92 Å². The van der Waals surface area contributed by atoms with Crippen molar-refractivity contribution in [3.8, 4) is 0 Å². The van der Waals surface area contributed by atoms with Crippen molar-refractivity contribution in [1.82, 2.24) is 4.90 Å². The molecule has 0 amide bonds. The Hall–Kier alpha value is -0.720. The molecular weight excluding hydrogens is 98.1 g/mol. The van der Waals surface area contributed by atoms with Gasteiger partial charge in [0.25, 0.3) is 0 Å². The fourth-order valence-electron chi connectivity index (χ4n) is 0.881. The molecule has 1 aliphatic heterocycles. The van der Waals surface area contributed by atoms with Crippen LogP contribution >= 0.6 is 0 Å². The Morgan fingerprint density at radius 3 is 2.50 bits per heavy atom. The van der Waals surface area contributed by atoms with Crippen LogP contribution in [0, 0.1) is 0 Å². The van der Waals surface area contributed by atoms with E-state index < -0.39 is 0 Å². The second kappa shape index (κ2) is 1.66. The van der Waals surface area contributed by atoms with Crippen LogP contribution in [0.1, 0.15) is 6.92 Å². The third kappa shape index (κ3) is 0.760. The first-order valence-electron chi connectivity index (χ1n) is 2.77. The Labute approximate surface area is 50.3 Å². The largest absolute Gasteiger partial charge is 0.374 e. The molecule has 0 aromatic carbocycles. The molecule has 1 nitrogen and oxygen atoms in total. The standard InChI is InChI=1S/C7H11N/c1-6-4-7(2)8(3)5-6/h4H,1,5H2,2-3H3. The molecule has 0 aromatic heterocycles. The zero-order valence-electron chi connectivity index (χ0n) is 5.44. The molecule has 0 bridgehead atoms. The molecule has 44 valence electrons. The maximum Gasteiger partial charge on any atom is 0.0417 e. The van der Waals surface area contributed by atoms with E-state index in [0.29, 0.717) is 0 Å². The molecule has 0 unspecified atom stereocenters. The average Bonchev–Trinajstić information content (AvgIpc) is 1.85. The molecule has 0 aromatic rings. The van der Waals surface area contributed by atoms with Crippen molar-refractivity contribution >= 4 is 0 Å².